The van der Waals surface area contributed by atoms with Gasteiger partial charge >= 0.3 is 0 Å². The summed E-state index contributed by atoms with van der Waals surface area (Å²) in [5.74, 6) is -0.150. The van der Waals surface area contributed by atoms with E-state index in [0.717, 1.165) is 6.42 Å². The predicted octanol–water partition coefficient (Wildman–Crippen LogP) is -1.64. The first-order chi connectivity index (χ1) is 8.51. The fraction of sp³-hybridized carbons (Fsp3) is 0.909. The molecular weight excluding hydrogens is 242 g/mol. The lowest BCUT2D eigenvalue weighted by molar-refractivity contribution is -0.288. The summed E-state index contributed by atoms with van der Waals surface area (Å²) in [7, 11) is 1.32. The number of aliphatic hydroxyl groups excluding tert-OH is 3. The number of amides is 1. The number of carbonyl (C=O) groups is 1. The third kappa shape index (κ3) is 3.63. The topological polar surface area (TPSA) is 108 Å². The van der Waals surface area contributed by atoms with Gasteiger partial charge in [0.05, 0.1) is 0 Å². The average molecular weight is 263 g/mol. The molecule has 1 aliphatic rings. The smallest absolute Gasteiger partial charge is 0.220 e. The highest BCUT2D eigenvalue weighted by molar-refractivity contribution is 5.75. The van der Waals surface area contributed by atoms with Crippen LogP contribution in [-0.4, -0.2) is 65.6 Å². The Labute approximate surface area is 106 Å². The van der Waals surface area contributed by atoms with Crippen LogP contribution in [0, 0.1) is 0 Å². The number of ether oxygens (including phenoxy) is 2. The molecule has 7 heteroatoms. The van der Waals surface area contributed by atoms with Crippen molar-refractivity contribution in [3.63, 3.8) is 0 Å². The van der Waals surface area contributed by atoms with Crippen molar-refractivity contribution in [2.75, 3.05) is 13.7 Å². The fourth-order valence-electron chi connectivity index (χ4n) is 1.81. The molecule has 7 nitrogen and oxygen atoms in total. The minimum Gasteiger partial charge on any atom is -0.388 e. The van der Waals surface area contributed by atoms with Gasteiger partial charge in [-0.25, -0.2) is 0 Å². The van der Waals surface area contributed by atoms with Crippen LogP contribution < -0.4 is 5.32 Å². The second-order valence-corrected chi connectivity index (χ2v) is 4.30. The summed E-state index contributed by atoms with van der Waals surface area (Å²) >= 11 is 0. The van der Waals surface area contributed by atoms with E-state index in [1.807, 2.05) is 6.92 Å². The van der Waals surface area contributed by atoms with E-state index in [9.17, 15) is 20.1 Å². The first-order valence-electron chi connectivity index (χ1n) is 6.00. The van der Waals surface area contributed by atoms with Gasteiger partial charge in [-0.15, -0.1) is 0 Å². The van der Waals surface area contributed by atoms with Crippen LogP contribution in [0.1, 0.15) is 19.8 Å². The van der Waals surface area contributed by atoms with Crippen molar-refractivity contribution in [1.82, 2.24) is 5.32 Å². The second-order valence-electron chi connectivity index (χ2n) is 4.30. The zero-order valence-electron chi connectivity index (χ0n) is 10.6. The van der Waals surface area contributed by atoms with E-state index >= 15 is 0 Å². The predicted molar refractivity (Wildman–Crippen MR) is 61.6 cm³/mol. The first kappa shape index (κ1) is 15.3. The second kappa shape index (κ2) is 7.01. The molecule has 1 fully saturated rings. The van der Waals surface area contributed by atoms with E-state index in [0.29, 0.717) is 6.42 Å². The maximum atomic E-state index is 11.3. The van der Waals surface area contributed by atoms with Crippen molar-refractivity contribution in [3.05, 3.63) is 0 Å². The van der Waals surface area contributed by atoms with Gasteiger partial charge in [0.1, 0.15) is 24.4 Å². The molecule has 0 unspecified atom stereocenters. The lowest BCUT2D eigenvalue weighted by Gasteiger charge is -2.39. The largest absolute Gasteiger partial charge is 0.388 e. The minimum absolute atomic E-state index is 0.0592. The van der Waals surface area contributed by atoms with Gasteiger partial charge in [0.15, 0.2) is 6.29 Å². The Morgan fingerprint density at radius 2 is 1.94 bits per heavy atom. The van der Waals surface area contributed by atoms with Gasteiger partial charge in [0, 0.05) is 20.1 Å². The van der Waals surface area contributed by atoms with Crippen LogP contribution in [0.5, 0.6) is 0 Å². The molecule has 1 heterocycles. The average Bonchev–Trinajstić information content (AvgIpc) is 2.35. The molecule has 1 rings (SSSR count). The zero-order chi connectivity index (χ0) is 13.7. The van der Waals surface area contributed by atoms with E-state index < -0.39 is 30.7 Å². The molecule has 0 bridgehead atoms. The summed E-state index contributed by atoms with van der Waals surface area (Å²) in [6, 6.07) is 0. The Morgan fingerprint density at radius 1 is 1.28 bits per heavy atom. The van der Waals surface area contributed by atoms with Crippen molar-refractivity contribution >= 4 is 5.91 Å². The molecule has 0 saturated carbocycles. The molecule has 0 aromatic carbocycles. The number of rotatable bonds is 5. The fourth-order valence-corrected chi connectivity index (χ4v) is 1.81. The monoisotopic (exact) mass is 263 g/mol. The van der Waals surface area contributed by atoms with E-state index in [-0.39, 0.29) is 12.5 Å². The van der Waals surface area contributed by atoms with Crippen molar-refractivity contribution < 1.29 is 29.6 Å². The molecule has 0 aromatic heterocycles. The van der Waals surface area contributed by atoms with Crippen molar-refractivity contribution in [1.29, 1.82) is 0 Å². The number of aliphatic hydroxyl groups is 3. The van der Waals surface area contributed by atoms with Gasteiger partial charge in [0.25, 0.3) is 0 Å². The number of hydrogen-bond acceptors (Lipinski definition) is 6. The molecule has 18 heavy (non-hydrogen) atoms. The highest BCUT2D eigenvalue weighted by atomic mass is 16.7. The van der Waals surface area contributed by atoms with Crippen LogP contribution in [0.25, 0.3) is 0 Å². The first-order valence-corrected chi connectivity index (χ1v) is 6.00. The summed E-state index contributed by atoms with van der Waals surface area (Å²) < 4.78 is 10.1. The SMILES string of the molecule is CCCC(=O)NC[C@H]1O[C@H](OC)[C@@H](O)[C@@H](O)[C@@H]1O. The van der Waals surface area contributed by atoms with Crippen LogP contribution in [0.2, 0.25) is 0 Å². The Bertz CT molecular complexity index is 272. The number of methoxy groups -OCH3 is 1. The standard InChI is InChI=1S/C11H21NO6/c1-3-4-7(13)12-5-6-8(14)9(15)10(16)11(17-2)18-6/h6,8-11,14-16H,3-5H2,1-2H3,(H,12,13)/t6-,8-,9+,10+,11+/m1/s1. The highest BCUT2D eigenvalue weighted by Crippen LogP contribution is 2.21. The molecule has 0 spiro atoms. The zero-order valence-corrected chi connectivity index (χ0v) is 10.6. The Balaban J connectivity index is 2.51. The minimum atomic E-state index is -1.36. The molecule has 1 aliphatic heterocycles. The molecule has 0 aromatic rings. The van der Waals surface area contributed by atoms with Crippen molar-refractivity contribution in [2.45, 2.75) is 50.5 Å². The summed E-state index contributed by atoms with van der Waals surface area (Å²) in [5, 5.41) is 31.5. The maximum Gasteiger partial charge on any atom is 0.220 e. The molecule has 4 N–H and O–H groups in total. The molecular formula is C11H21NO6. The Morgan fingerprint density at radius 3 is 2.50 bits per heavy atom. The third-order valence-electron chi connectivity index (χ3n) is 2.88. The number of nitrogens with one attached hydrogen (secondary N) is 1. The third-order valence-corrected chi connectivity index (χ3v) is 2.88. The lowest BCUT2D eigenvalue weighted by Crippen LogP contribution is -2.60. The molecule has 0 radical (unpaired) electrons. The van der Waals surface area contributed by atoms with Gasteiger partial charge in [-0.1, -0.05) is 6.92 Å². The molecule has 1 saturated heterocycles. The van der Waals surface area contributed by atoms with Gasteiger partial charge in [-0.2, -0.15) is 0 Å². The van der Waals surface area contributed by atoms with Crippen LogP contribution in [0.3, 0.4) is 0 Å². The Kier molecular flexibility index (Phi) is 5.97. The number of hydrogen-bond donors (Lipinski definition) is 4. The summed E-state index contributed by atoms with van der Waals surface area (Å²) in [6.45, 7) is 1.94. The summed E-state index contributed by atoms with van der Waals surface area (Å²) in [5.41, 5.74) is 0. The van der Waals surface area contributed by atoms with Gasteiger partial charge in [-0.3, -0.25) is 4.79 Å². The summed E-state index contributed by atoms with van der Waals surface area (Å²) in [6.07, 6.45) is -4.66. The lowest BCUT2D eigenvalue weighted by atomic mass is 9.99. The van der Waals surface area contributed by atoms with Crippen LogP contribution >= 0.6 is 0 Å². The quantitative estimate of drug-likeness (QED) is 0.473. The van der Waals surface area contributed by atoms with Gasteiger partial charge in [-0.05, 0) is 6.42 Å². The number of carbonyl (C=O) groups excluding carboxylic acids is 1. The van der Waals surface area contributed by atoms with Gasteiger partial charge < -0.3 is 30.1 Å². The van der Waals surface area contributed by atoms with E-state index in [1.165, 1.54) is 7.11 Å². The van der Waals surface area contributed by atoms with Crippen molar-refractivity contribution in [3.8, 4) is 0 Å². The van der Waals surface area contributed by atoms with Gasteiger partial charge in [0.2, 0.25) is 5.91 Å². The van der Waals surface area contributed by atoms with E-state index in [2.05, 4.69) is 5.32 Å². The molecule has 106 valence electrons. The maximum absolute atomic E-state index is 11.3. The van der Waals surface area contributed by atoms with E-state index in [4.69, 9.17) is 9.47 Å². The van der Waals surface area contributed by atoms with Crippen molar-refractivity contribution in [2.24, 2.45) is 0 Å². The normalized spacial score (nSPS) is 36.4. The molecule has 0 aliphatic carbocycles. The molecule has 5 atom stereocenters. The highest BCUT2D eigenvalue weighted by Gasteiger charge is 2.43. The van der Waals surface area contributed by atoms with Crippen LogP contribution in [-0.2, 0) is 14.3 Å². The Hall–Kier alpha value is -0.730. The van der Waals surface area contributed by atoms with Crippen LogP contribution in [0.4, 0.5) is 0 Å². The summed E-state index contributed by atoms with van der Waals surface area (Å²) in [4.78, 5) is 11.3. The van der Waals surface area contributed by atoms with Crippen LogP contribution in [0.15, 0.2) is 0 Å². The molecule has 1 amide bonds. The van der Waals surface area contributed by atoms with E-state index in [1.54, 1.807) is 0 Å².